The molecular weight excluding hydrogens is 444 g/mol. The van der Waals surface area contributed by atoms with Crippen molar-refractivity contribution in [3.8, 4) is 0 Å². The number of amides is 3. The highest BCUT2D eigenvalue weighted by Gasteiger charge is 2.28. The first-order valence-corrected chi connectivity index (χ1v) is 10.6. The molecule has 0 spiro atoms. The summed E-state index contributed by atoms with van der Waals surface area (Å²) in [5, 5.41) is 15.4. The maximum atomic E-state index is 12.9. The van der Waals surface area contributed by atoms with Crippen molar-refractivity contribution < 1.29 is 24.3 Å². The van der Waals surface area contributed by atoms with Gasteiger partial charge in [-0.15, -0.1) is 0 Å². The Morgan fingerprint density at radius 2 is 1.71 bits per heavy atom. The van der Waals surface area contributed by atoms with E-state index >= 15 is 0 Å². The molecule has 184 valence electrons. The Morgan fingerprint density at radius 1 is 1.03 bits per heavy atom. The van der Waals surface area contributed by atoms with E-state index in [-0.39, 0.29) is 25.3 Å². The van der Waals surface area contributed by atoms with E-state index in [0.717, 1.165) is 10.9 Å². The van der Waals surface area contributed by atoms with Crippen molar-refractivity contribution in [2.24, 2.45) is 27.9 Å². The van der Waals surface area contributed by atoms with Crippen LogP contribution < -0.4 is 33.6 Å². The van der Waals surface area contributed by atoms with E-state index in [2.05, 4.69) is 20.6 Å². The molecule has 1 aromatic carbocycles. The van der Waals surface area contributed by atoms with Gasteiger partial charge in [0.2, 0.25) is 17.7 Å². The number of carboxylic acid groups (broad SMARTS) is 1. The number of nitrogens with two attached hydrogens (primary N) is 4. The van der Waals surface area contributed by atoms with Gasteiger partial charge in [-0.25, -0.2) is 4.79 Å². The van der Waals surface area contributed by atoms with Crippen molar-refractivity contribution in [1.82, 2.24) is 15.6 Å². The SMILES string of the molecule is NC(=O)C[C@H](N)C(=O)N[C@@H](CCCN=C(N)N)C(=O)N[C@@H](Cc1c[nH]c2ccccc12)C(=O)O. The molecule has 0 unspecified atom stereocenters. The molecule has 1 aromatic heterocycles. The highest BCUT2D eigenvalue weighted by molar-refractivity contribution is 5.93. The van der Waals surface area contributed by atoms with Gasteiger partial charge in [-0.1, -0.05) is 18.2 Å². The molecule has 34 heavy (non-hydrogen) atoms. The summed E-state index contributed by atoms with van der Waals surface area (Å²) in [6, 6.07) is 3.71. The van der Waals surface area contributed by atoms with Crippen LogP contribution in [0.1, 0.15) is 24.8 Å². The summed E-state index contributed by atoms with van der Waals surface area (Å²) in [5.74, 6) is -3.64. The third-order valence-electron chi connectivity index (χ3n) is 5.05. The molecule has 0 saturated heterocycles. The molecule has 0 aliphatic heterocycles. The number of guanidine groups is 1. The predicted molar refractivity (Wildman–Crippen MR) is 125 cm³/mol. The largest absolute Gasteiger partial charge is 0.480 e. The van der Waals surface area contributed by atoms with Crippen molar-refractivity contribution in [2.75, 3.05) is 6.54 Å². The van der Waals surface area contributed by atoms with Crippen LogP contribution >= 0.6 is 0 Å². The number of aliphatic imine (C=N–C) groups is 1. The minimum Gasteiger partial charge on any atom is -0.480 e. The molecule has 0 fully saturated rings. The maximum absolute atomic E-state index is 12.9. The highest BCUT2D eigenvalue weighted by atomic mass is 16.4. The third-order valence-corrected chi connectivity index (χ3v) is 5.05. The summed E-state index contributed by atoms with van der Waals surface area (Å²) in [6.45, 7) is 0.188. The van der Waals surface area contributed by atoms with Crippen molar-refractivity contribution in [3.63, 3.8) is 0 Å². The number of para-hydroxylation sites is 1. The predicted octanol–water partition coefficient (Wildman–Crippen LogP) is -1.98. The Labute approximate surface area is 195 Å². The van der Waals surface area contributed by atoms with Gasteiger partial charge in [0, 0.05) is 30.1 Å². The Morgan fingerprint density at radius 3 is 2.35 bits per heavy atom. The lowest BCUT2D eigenvalue weighted by molar-refractivity contribution is -0.142. The fourth-order valence-corrected chi connectivity index (χ4v) is 3.35. The minimum atomic E-state index is -1.26. The number of aromatic nitrogens is 1. The zero-order valence-electron chi connectivity index (χ0n) is 18.5. The lowest BCUT2D eigenvalue weighted by Crippen LogP contribution is -2.55. The van der Waals surface area contributed by atoms with Crippen molar-refractivity contribution >= 4 is 40.6 Å². The van der Waals surface area contributed by atoms with Gasteiger partial charge in [0.05, 0.1) is 12.5 Å². The van der Waals surface area contributed by atoms with Gasteiger partial charge in [-0.3, -0.25) is 19.4 Å². The van der Waals surface area contributed by atoms with E-state index in [0.29, 0.717) is 12.0 Å². The van der Waals surface area contributed by atoms with E-state index in [4.69, 9.17) is 22.9 Å². The highest BCUT2D eigenvalue weighted by Crippen LogP contribution is 2.19. The molecule has 0 aliphatic rings. The summed E-state index contributed by atoms with van der Waals surface area (Å²) in [6.07, 6.45) is 1.69. The number of fused-ring (bicyclic) bond motifs is 1. The quantitative estimate of drug-likeness (QED) is 0.0915. The number of hydrogen-bond donors (Lipinski definition) is 8. The fraction of sp³-hybridized carbons (Fsp3) is 0.381. The molecule has 0 radical (unpaired) electrons. The fourth-order valence-electron chi connectivity index (χ4n) is 3.35. The molecule has 1 heterocycles. The van der Waals surface area contributed by atoms with Crippen molar-refractivity contribution in [3.05, 3.63) is 36.0 Å². The van der Waals surface area contributed by atoms with Crippen LogP contribution in [0.2, 0.25) is 0 Å². The molecular formula is C21H30N8O5. The van der Waals surface area contributed by atoms with Gasteiger partial charge in [0.1, 0.15) is 12.1 Å². The molecule has 0 bridgehead atoms. The average Bonchev–Trinajstić information content (AvgIpc) is 3.17. The molecule has 3 atom stereocenters. The maximum Gasteiger partial charge on any atom is 0.326 e. The third kappa shape index (κ3) is 7.78. The lowest BCUT2D eigenvalue weighted by atomic mass is 10.0. The summed E-state index contributed by atoms with van der Waals surface area (Å²) in [5.41, 5.74) is 22.8. The Kier molecular flexibility index (Phi) is 9.38. The number of nitrogens with one attached hydrogen (secondary N) is 3. The van der Waals surface area contributed by atoms with Gasteiger partial charge in [0.25, 0.3) is 0 Å². The van der Waals surface area contributed by atoms with Crippen LogP contribution in [0.4, 0.5) is 0 Å². The molecule has 0 saturated carbocycles. The van der Waals surface area contributed by atoms with Crippen LogP contribution in [-0.2, 0) is 25.6 Å². The van der Waals surface area contributed by atoms with Crippen LogP contribution in [0.15, 0.2) is 35.5 Å². The summed E-state index contributed by atoms with van der Waals surface area (Å²) in [4.78, 5) is 55.1. The standard InChI is InChI=1S/C21H30N8O5/c22-13(9-17(23)30)18(31)28-15(6-3-7-26-21(24)25)19(32)29-16(20(33)34)8-11-10-27-14-5-2-1-4-12(11)14/h1-2,4-5,10,13,15-16,27H,3,6-9,22H2,(H2,23,30)(H,28,31)(H,29,32)(H,33,34)(H4,24,25,26)/t13-,15-,16-/m0/s1. The minimum absolute atomic E-state index is 0.0148. The average molecular weight is 475 g/mol. The molecule has 2 aromatic rings. The zero-order valence-corrected chi connectivity index (χ0v) is 18.5. The van der Waals surface area contributed by atoms with Crippen LogP contribution in [0.5, 0.6) is 0 Å². The first-order valence-electron chi connectivity index (χ1n) is 10.6. The number of primary amides is 1. The number of rotatable bonds is 13. The second-order valence-electron chi connectivity index (χ2n) is 7.75. The molecule has 0 aliphatic carbocycles. The van der Waals surface area contributed by atoms with Crippen molar-refractivity contribution in [1.29, 1.82) is 0 Å². The number of benzene rings is 1. The number of aromatic amines is 1. The Balaban J connectivity index is 2.13. The number of carbonyl (C=O) groups is 4. The topological polar surface area (TPSA) is 245 Å². The summed E-state index contributed by atoms with van der Waals surface area (Å²) in [7, 11) is 0. The smallest absolute Gasteiger partial charge is 0.326 e. The number of carbonyl (C=O) groups excluding carboxylic acids is 3. The Bertz CT molecular complexity index is 1060. The van der Waals surface area contributed by atoms with Crippen LogP contribution in [-0.4, -0.2) is 64.4 Å². The first-order chi connectivity index (χ1) is 16.1. The number of hydrogen-bond acceptors (Lipinski definition) is 6. The van der Waals surface area contributed by atoms with Gasteiger partial charge in [0.15, 0.2) is 5.96 Å². The number of nitrogens with zero attached hydrogens (tertiary/aromatic N) is 1. The molecule has 3 amide bonds. The van der Waals surface area contributed by atoms with Gasteiger partial charge in [-0.2, -0.15) is 0 Å². The van der Waals surface area contributed by atoms with E-state index in [1.807, 2.05) is 24.3 Å². The molecule has 13 nitrogen and oxygen atoms in total. The van der Waals surface area contributed by atoms with Gasteiger partial charge in [-0.05, 0) is 24.5 Å². The van der Waals surface area contributed by atoms with E-state index in [9.17, 15) is 24.3 Å². The normalized spacial score (nSPS) is 13.4. The first kappa shape index (κ1) is 26.1. The summed E-state index contributed by atoms with van der Waals surface area (Å²) < 4.78 is 0. The van der Waals surface area contributed by atoms with E-state index in [1.165, 1.54) is 0 Å². The molecule has 13 heteroatoms. The van der Waals surface area contributed by atoms with Crippen LogP contribution in [0.25, 0.3) is 10.9 Å². The zero-order chi connectivity index (χ0) is 25.3. The lowest BCUT2D eigenvalue weighted by Gasteiger charge is -2.22. The monoisotopic (exact) mass is 474 g/mol. The molecule has 2 rings (SSSR count). The van der Waals surface area contributed by atoms with E-state index in [1.54, 1.807) is 6.20 Å². The molecule has 12 N–H and O–H groups in total. The number of carboxylic acids is 1. The van der Waals surface area contributed by atoms with Crippen LogP contribution in [0.3, 0.4) is 0 Å². The second kappa shape index (κ2) is 12.2. The van der Waals surface area contributed by atoms with Gasteiger partial charge < -0.3 is 43.7 Å². The van der Waals surface area contributed by atoms with Gasteiger partial charge >= 0.3 is 5.97 Å². The number of H-pyrrole nitrogens is 1. The van der Waals surface area contributed by atoms with Crippen molar-refractivity contribution in [2.45, 2.75) is 43.8 Å². The summed E-state index contributed by atoms with van der Waals surface area (Å²) >= 11 is 0. The van der Waals surface area contributed by atoms with E-state index < -0.39 is 48.2 Å². The Hall–Kier alpha value is -4.13. The second-order valence-corrected chi connectivity index (χ2v) is 7.75. The number of aliphatic carboxylic acids is 1. The van der Waals surface area contributed by atoms with Crippen LogP contribution in [0, 0.1) is 0 Å².